The Kier molecular flexibility index (Phi) is 3.68. The number of aromatic nitrogens is 3. The largest absolute Gasteiger partial charge is 0.352 e. The van der Waals surface area contributed by atoms with Gasteiger partial charge >= 0.3 is 0 Å². The molecule has 24 heavy (non-hydrogen) atoms. The third-order valence-electron chi connectivity index (χ3n) is 4.87. The summed E-state index contributed by atoms with van der Waals surface area (Å²) in [7, 11) is 0. The van der Waals surface area contributed by atoms with Gasteiger partial charge in [-0.25, -0.2) is 4.68 Å². The zero-order chi connectivity index (χ0) is 16.8. The first kappa shape index (κ1) is 15.4. The van der Waals surface area contributed by atoms with Crippen molar-refractivity contribution in [2.75, 3.05) is 0 Å². The molecule has 126 valence electrons. The van der Waals surface area contributed by atoms with E-state index in [1.807, 2.05) is 28.8 Å². The number of fused-ring (bicyclic) bond motifs is 3. The summed E-state index contributed by atoms with van der Waals surface area (Å²) in [5.41, 5.74) is 1.34. The maximum absolute atomic E-state index is 12.8. The van der Waals surface area contributed by atoms with E-state index in [-0.39, 0.29) is 17.5 Å². The van der Waals surface area contributed by atoms with E-state index in [2.05, 4.69) is 10.4 Å². The molecule has 1 amide bonds. The van der Waals surface area contributed by atoms with Crippen molar-refractivity contribution in [3.63, 3.8) is 0 Å². The van der Waals surface area contributed by atoms with Crippen molar-refractivity contribution < 1.29 is 4.79 Å². The fraction of sp³-hybridized carbons (Fsp3) is 0.471. The van der Waals surface area contributed by atoms with E-state index < -0.39 is 6.04 Å². The number of nitrogens with one attached hydrogen (secondary N) is 1. The van der Waals surface area contributed by atoms with E-state index >= 15 is 0 Å². The number of hydrogen-bond donors (Lipinski definition) is 1. The van der Waals surface area contributed by atoms with Gasteiger partial charge in [0.25, 0.3) is 5.56 Å². The first-order chi connectivity index (χ1) is 11.6. The Bertz CT molecular complexity index is 978. The minimum absolute atomic E-state index is 0.131. The Morgan fingerprint density at radius 2 is 2.12 bits per heavy atom. The van der Waals surface area contributed by atoms with Crippen molar-refractivity contribution in [3.8, 4) is 0 Å². The van der Waals surface area contributed by atoms with Crippen LogP contribution in [-0.4, -0.2) is 26.1 Å². The lowest BCUT2D eigenvalue weighted by Gasteiger charge is -2.18. The Morgan fingerprint density at radius 1 is 1.38 bits per heavy atom. The molecule has 3 aromatic rings. The number of rotatable bonds is 3. The number of amides is 1. The van der Waals surface area contributed by atoms with Gasteiger partial charge in [-0.2, -0.15) is 5.10 Å². The molecule has 3 heterocycles. The van der Waals surface area contributed by atoms with Gasteiger partial charge in [0, 0.05) is 6.04 Å². The molecule has 4 rings (SSSR count). The molecular weight excluding hydrogens is 324 g/mol. The lowest BCUT2D eigenvalue weighted by molar-refractivity contribution is -0.124. The van der Waals surface area contributed by atoms with Gasteiger partial charge < -0.3 is 5.32 Å². The molecule has 1 saturated carbocycles. The molecule has 0 spiro atoms. The van der Waals surface area contributed by atoms with Crippen LogP contribution < -0.4 is 10.9 Å². The lowest BCUT2D eigenvalue weighted by Crippen LogP contribution is -2.41. The van der Waals surface area contributed by atoms with E-state index in [0.29, 0.717) is 11.3 Å². The molecule has 0 saturated heterocycles. The Morgan fingerprint density at radius 3 is 2.88 bits per heavy atom. The molecule has 3 aromatic heterocycles. The normalized spacial score (nSPS) is 16.9. The maximum atomic E-state index is 12.8. The van der Waals surface area contributed by atoms with Crippen LogP contribution in [-0.2, 0) is 4.79 Å². The highest BCUT2D eigenvalue weighted by atomic mass is 32.1. The second kappa shape index (κ2) is 5.73. The van der Waals surface area contributed by atoms with Crippen LogP contribution in [0.2, 0.25) is 0 Å². The van der Waals surface area contributed by atoms with Crippen molar-refractivity contribution >= 4 is 33.0 Å². The average molecular weight is 344 g/mol. The predicted molar refractivity (Wildman–Crippen MR) is 94.7 cm³/mol. The fourth-order valence-corrected chi connectivity index (χ4v) is 4.36. The summed E-state index contributed by atoms with van der Waals surface area (Å²) in [6, 6.07) is 3.49. The number of hydrogen-bond acceptors (Lipinski definition) is 4. The maximum Gasteiger partial charge on any atom is 0.291 e. The number of carbonyl (C=O) groups excluding carboxylic acids is 1. The fourth-order valence-electron chi connectivity index (χ4n) is 3.56. The monoisotopic (exact) mass is 344 g/mol. The van der Waals surface area contributed by atoms with Gasteiger partial charge in [-0.3, -0.25) is 14.0 Å². The van der Waals surface area contributed by atoms with Crippen molar-refractivity contribution in [2.24, 2.45) is 0 Å². The molecule has 0 bridgehead atoms. The topological polar surface area (TPSA) is 68.4 Å². The summed E-state index contributed by atoms with van der Waals surface area (Å²) in [5.74, 6) is 0.576. The van der Waals surface area contributed by atoms with Crippen LogP contribution in [0.5, 0.6) is 0 Å². The molecule has 0 aromatic carbocycles. The minimum Gasteiger partial charge on any atom is -0.352 e. The van der Waals surface area contributed by atoms with E-state index in [1.165, 1.54) is 4.68 Å². The Labute approximate surface area is 143 Å². The van der Waals surface area contributed by atoms with Crippen LogP contribution in [0.25, 0.3) is 15.7 Å². The third kappa shape index (κ3) is 2.34. The minimum atomic E-state index is -0.616. The van der Waals surface area contributed by atoms with Crippen LogP contribution >= 0.6 is 11.3 Å². The van der Waals surface area contributed by atoms with Gasteiger partial charge in [0.05, 0.1) is 10.2 Å². The SMILES string of the molecule is Cc1nn(C(C)C(=O)NC2CCCC2)c(=O)c2cc3sccc3n12. The molecule has 1 unspecified atom stereocenters. The molecule has 7 heteroatoms. The first-order valence-corrected chi connectivity index (χ1v) is 9.22. The predicted octanol–water partition coefficient (Wildman–Crippen LogP) is 2.64. The standard InChI is InChI=1S/C17H20N4O2S/c1-10(16(22)18-12-5-3-4-6-12)21-17(23)14-9-15-13(7-8-24-15)20(14)11(2)19-21/h7-10,12H,3-6H2,1-2H3,(H,18,22). The molecule has 1 atom stereocenters. The first-order valence-electron chi connectivity index (χ1n) is 8.34. The van der Waals surface area contributed by atoms with E-state index in [9.17, 15) is 9.59 Å². The smallest absolute Gasteiger partial charge is 0.291 e. The highest BCUT2D eigenvalue weighted by molar-refractivity contribution is 7.17. The van der Waals surface area contributed by atoms with Gasteiger partial charge in [0.1, 0.15) is 17.4 Å². The summed E-state index contributed by atoms with van der Waals surface area (Å²) in [5, 5.41) is 9.46. The van der Waals surface area contributed by atoms with Crippen LogP contribution in [0.15, 0.2) is 22.3 Å². The quantitative estimate of drug-likeness (QED) is 0.794. The van der Waals surface area contributed by atoms with Crippen molar-refractivity contribution in [3.05, 3.63) is 33.7 Å². The molecule has 0 radical (unpaired) electrons. The van der Waals surface area contributed by atoms with Gasteiger partial charge in [0.2, 0.25) is 5.91 Å². The zero-order valence-electron chi connectivity index (χ0n) is 13.8. The summed E-state index contributed by atoms with van der Waals surface area (Å²) < 4.78 is 4.24. The van der Waals surface area contributed by atoms with Crippen molar-refractivity contribution in [1.29, 1.82) is 0 Å². The Balaban J connectivity index is 1.74. The summed E-state index contributed by atoms with van der Waals surface area (Å²) in [4.78, 5) is 25.3. The summed E-state index contributed by atoms with van der Waals surface area (Å²) >= 11 is 1.60. The lowest BCUT2D eigenvalue weighted by atomic mass is 10.2. The molecular formula is C17H20N4O2S. The van der Waals surface area contributed by atoms with E-state index in [0.717, 1.165) is 35.9 Å². The molecule has 0 aliphatic heterocycles. The van der Waals surface area contributed by atoms with E-state index in [1.54, 1.807) is 18.3 Å². The van der Waals surface area contributed by atoms with Crippen LogP contribution in [0.4, 0.5) is 0 Å². The molecule has 1 fully saturated rings. The molecule has 1 aliphatic rings. The second-order valence-electron chi connectivity index (χ2n) is 6.50. The highest BCUT2D eigenvalue weighted by Gasteiger charge is 2.24. The number of carbonyl (C=O) groups is 1. The summed E-state index contributed by atoms with van der Waals surface area (Å²) in [6.45, 7) is 3.60. The third-order valence-corrected chi connectivity index (χ3v) is 5.73. The van der Waals surface area contributed by atoms with Gasteiger partial charge in [-0.1, -0.05) is 12.8 Å². The Hall–Kier alpha value is -2.15. The molecule has 1 aliphatic carbocycles. The van der Waals surface area contributed by atoms with E-state index in [4.69, 9.17) is 0 Å². The molecule has 6 nitrogen and oxygen atoms in total. The average Bonchev–Trinajstić information content (AvgIpc) is 3.26. The highest BCUT2D eigenvalue weighted by Crippen LogP contribution is 2.24. The van der Waals surface area contributed by atoms with Gasteiger partial charge in [-0.15, -0.1) is 11.3 Å². The number of thiophene rings is 1. The van der Waals surface area contributed by atoms with Gasteiger partial charge in [0.15, 0.2) is 0 Å². The van der Waals surface area contributed by atoms with Crippen LogP contribution in [0.3, 0.4) is 0 Å². The summed E-state index contributed by atoms with van der Waals surface area (Å²) in [6.07, 6.45) is 4.36. The zero-order valence-corrected chi connectivity index (χ0v) is 14.6. The van der Waals surface area contributed by atoms with Gasteiger partial charge in [-0.05, 0) is 44.2 Å². The van der Waals surface area contributed by atoms with Crippen LogP contribution in [0, 0.1) is 6.92 Å². The van der Waals surface area contributed by atoms with Crippen LogP contribution in [0.1, 0.15) is 44.5 Å². The second-order valence-corrected chi connectivity index (χ2v) is 7.45. The number of aryl methyl sites for hydroxylation is 1. The van der Waals surface area contributed by atoms with Crippen molar-refractivity contribution in [1.82, 2.24) is 19.5 Å². The number of nitrogens with zero attached hydrogens (tertiary/aromatic N) is 3. The molecule has 1 N–H and O–H groups in total. The van der Waals surface area contributed by atoms with Crippen molar-refractivity contribution in [2.45, 2.75) is 51.6 Å².